The number of carbonyl (C=O) groups excluding carboxylic acids is 1. The molecule has 136 valence electrons. The highest BCUT2D eigenvalue weighted by Gasteiger charge is 2.12. The van der Waals surface area contributed by atoms with Crippen LogP contribution >= 0.6 is 35.5 Å². The molecule has 0 aliphatic carbocycles. The van der Waals surface area contributed by atoms with Crippen LogP contribution in [-0.4, -0.2) is 46.4 Å². The molecule has 1 aliphatic heterocycles. The number of piperidine rings is 1. The predicted molar refractivity (Wildman–Crippen MR) is 103 cm³/mol. The largest absolute Gasteiger partial charge is 0.303 e. The molecule has 25 heavy (non-hydrogen) atoms. The summed E-state index contributed by atoms with van der Waals surface area (Å²) in [5.74, 6) is 0.298. The minimum Gasteiger partial charge on any atom is -0.303 e. The fraction of sp³-hybridized carbons (Fsp3) is 0.438. The molecule has 0 radical (unpaired) electrons. The van der Waals surface area contributed by atoms with Gasteiger partial charge in [0.15, 0.2) is 4.34 Å². The van der Waals surface area contributed by atoms with Crippen molar-refractivity contribution in [3.05, 3.63) is 35.6 Å². The third-order valence-electron chi connectivity index (χ3n) is 3.82. The number of amides is 1. The number of likely N-dealkylation sites (tertiary alicyclic amines) is 1. The Morgan fingerprint density at radius 3 is 2.64 bits per heavy atom. The lowest BCUT2D eigenvalue weighted by atomic mass is 10.1. The molecule has 0 bridgehead atoms. The number of carbonyl (C=O) groups is 1. The zero-order valence-corrected chi connectivity index (χ0v) is 16.1. The minimum atomic E-state index is -0.366. The van der Waals surface area contributed by atoms with E-state index in [0.717, 1.165) is 16.6 Å². The molecule has 9 heteroatoms. The van der Waals surface area contributed by atoms with Crippen molar-refractivity contribution in [1.29, 1.82) is 0 Å². The summed E-state index contributed by atoms with van der Waals surface area (Å²) in [6, 6.07) is 5.41. The van der Waals surface area contributed by atoms with Crippen LogP contribution in [0, 0.1) is 5.82 Å². The van der Waals surface area contributed by atoms with E-state index in [1.165, 1.54) is 68.0 Å². The Morgan fingerprint density at radius 1 is 1.20 bits per heavy atom. The second-order valence-corrected chi connectivity index (χ2v) is 7.90. The maximum atomic E-state index is 12.9. The molecule has 1 aliphatic rings. The van der Waals surface area contributed by atoms with Crippen molar-refractivity contribution in [2.45, 2.75) is 23.6 Å². The van der Waals surface area contributed by atoms with E-state index in [1.54, 1.807) is 11.8 Å². The fourth-order valence-electron chi connectivity index (χ4n) is 2.53. The van der Waals surface area contributed by atoms with Crippen LogP contribution in [0.25, 0.3) is 0 Å². The van der Waals surface area contributed by atoms with Crippen molar-refractivity contribution in [3.63, 3.8) is 0 Å². The van der Waals surface area contributed by atoms with Gasteiger partial charge in [-0.25, -0.2) is 4.39 Å². The van der Waals surface area contributed by atoms with E-state index in [-0.39, 0.29) is 24.1 Å². The molecule has 2 aromatic rings. The normalized spacial score (nSPS) is 14.8. The summed E-state index contributed by atoms with van der Waals surface area (Å²) < 4.78 is 13.7. The summed E-state index contributed by atoms with van der Waals surface area (Å²) in [6.07, 6.45) is 3.93. The van der Waals surface area contributed by atoms with E-state index in [9.17, 15) is 9.18 Å². The van der Waals surface area contributed by atoms with Crippen LogP contribution in [0.3, 0.4) is 0 Å². The Morgan fingerprint density at radius 2 is 1.92 bits per heavy atom. The number of anilines is 1. The van der Waals surface area contributed by atoms with Crippen molar-refractivity contribution in [3.8, 4) is 0 Å². The Kier molecular flexibility index (Phi) is 8.08. The zero-order chi connectivity index (χ0) is 16.8. The number of thioether (sulfide) groups is 1. The van der Waals surface area contributed by atoms with Gasteiger partial charge >= 0.3 is 0 Å². The topological polar surface area (TPSA) is 58.1 Å². The summed E-state index contributed by atoms with van der Waals surface area (Å²) in [5, 5.41) is 11.3. The second-order valence-electron chi connectivity index (χ2n) is 5.58. The van der Waals surface area contributed by atoms with Crippen molar-refractivity contribution < 1.29 is 9.18 Å². The molecule has 1 saturated heterocycles. The highest BCUT2D eigenvalue weighted by atomic mass is 35.5. The van der Waals surface area contributed by atoms with Crippen molar-refractivity contribution in [2.24, 2.45) is 0 Å². The van der Waals surface area contributed by atoms with E-state index < -0.39 is 0 Å². The molecule has 0 spiro atoms. The van der Waals surface area contributed by atoms with Gasteiger partial charge in [0.2, 0.25) is 5.13 Å². The summed E-state index contributed by atoms with van der Waals surface area (Å²) in [4.78, 5) is 14.5. The molecule has 1 aromatic heterocycles. The van der Waals surface area contributed by atoms with Crippen LogP contribution in [0.5, 0.6) is 0 Å². The molecule has 1 aromatic carbocycles. The number of halogens is 2. The first-order valence-corrected chi connectivity index (χ1v) is 9.76. The van der Waals surface area contributed by atoms with E-state index in [1.807, 2.05) is 0 Å². The lowest BCUT2D eigenvalue weighted by molar-refractivity contribution is 0.102. The molecule has 0 atom stereocenters. The average Bonchev–Trinajstić information content (AvgIpc) is 3.04. The number of nitrogens with one attached hydrogen (secondary N) is 1. The number of nitrogens with zero attached hydrogens (tertiary/aromatic N) is 3. The summed E-state index contributed by atoms with van der Waals surface area (Å²) in [7, 11) is 0. The molecule has 1 fully saturated rings. The SMILES string of the molecule is Cl.O=C(Nc1nnc(SCCN2CCCCC2)s1)c1ccc(F)cc1. The van der Waals surface area contributed by atoms with Gasteiger partial charge in [-0.1, -0.05) is 29.5 Å². The van der Waals surface area contributed by atoms with Gasteiger partial charge in [0, 0.05) is 17.9 Å². The Labute approximate surface area is 160 Å². The third kappa shape index (κ3) is 6.22. The zero-order valence-electron chi connectivity index (χ0n) is 13.6. The fourth-order valence-corrected chi connectivity index (χ4v) is 4.35. The molecule has 5 nitrogen and oxygen atoms in total. The number of rotatable bonds is 6. The molecular formula is C16H20ClFN4OS2. The Hall–Kier alpha value is -1.22. The van der Waals surface area contributed by atoms with Crippen LogP contribution in [0.1, 0.15) is 29.6 Å². The minimum absolute atomic E-state index is 0. The molecule has 3 rings (SSSR count). The third-order valence-corrected chi connectivity index (χ3v) is 5.77. The quantitative estimate of drug-likeness (QED) is 0.586. The number of benzene rings is 1. The van der Waals surface area contributed by atoms with Gasteiger partial charge in [-0.2, -0.15) is 0 Å². The van der Waals surface area contributed by atoms with Gasteiger partial charge in [0.25, 0.3) is 5.91 Å². The van der Waals surface area contributed by atoms with Gasteiger partial charge in [-0.15, -0.1) is 22.6 Å². The van der Waals surface area contributed by atoms with Crippen LogP contribution in [0.2, 0.25) is 0 Å². The Balaban J connectivity index is 0.00000225. The number of aromatic nitrogens is 2. The van der Waals surface area contributed by atoms with Crippen molar-refractivity contribution in [1.82, 2.24) is 15.1 Å². The predicted octanol–water partition coefficient (Wildman–Crippen LogP) is 3.93. The van der Waals surface area contributed by atoms with Crippen LogP contribution in [0.15, 0.2) is 28.6 Å². The van der Waals surface area contributed by atoms with Gasteiger partial charge in [-0.3, -0.25) is 10.1 Å². The number of hydrogen-bond donors (Lipinski definition) is 1. The van der Waals surface area contributed by atoms with Crippen LogP contribution < -0.4 is 5.32 Å². The van der Waals surface area contributed by atoms with E-state index in [4.69, 9.17) is 0 Å². The maximum Gasteiger partial charge on any atom is 0.257 e. The molecule has 0 unspecified atom stereocenters. The summed E-state index contributed by atoms with van der Waals surface area (Å²) >= 11 is 3.02. The highest BCUT2D eigenvalue weighted by Crippen LogP contribution is 2.26. The first-order valence-electron chi connectivity index (χ1n) is 7.96. The molecule has 0 saturated carbocycles. The van der Waals surface area contributed by atoms with Gasteiger partial charge in [0.05, 0.1) is 0 Å². The van der Waals surface area contributed by atoms with Crippen LogP contribution in [0.4, 0.5) is 9.52 Å². The lowest BCUT2D eigenvalue weighted by Crippen LogP contribution is -2.31. The first-order chi connectivity index (χ1) is 11.7. The van der Waals surface area contributed by atoms with Crippen molar-refractivity contribution in [2.75, 3.05) is 30.7 Å². The van der Waals surface area contributed by atoms with E-state index >= 15 is 0 Å². The molecule has 2 heterocycles. The maximum absolute atomic E-state index is 12.9. The van der Waals surface area contributed by atoms with Crippen molar-refractivity contribution >= 4 is 46.5 Å². The first kappa shape index (κ1) is 20.1. The van der Waals surface area contributed by atoms with Gasteiger partial charge in [-0.05, 0) is 50.2 Å². The van der Waals surface area contributed by atoms with Gasteiger partial charge in [0.1, 0.15) is 5.82 Å². The lowest BCUT2D eigenvalue weighted by Gasteiger charge is -2.25. The smallest absolute Gasteiger partial charge is 0.257 e. The highest BCUT2D eigenvalue weighted by molar-refractivity contribution is 8.01. The summed E-state index contributed by atoms with van der Waals surface area (Å²) in [6.45, 7) is 3.44. The second kappa shape index (κ2) is 10.1. The molecule has 1 amide bonds. The molecular weight excluding hydrogens is 383 g/mol. The average molecular weight is 403 g/mol. The van der Waals surface area contributed by atoms with E-state index in [0.29, 0.717) is 10.7 Å². The molecule has 1 N–H and O–H groups in total. The summed E-state index contributed by atoms with van der Waals surface area (Å²) in [5.41, 5.74) is 0.394. The Bertz CT molecular complexity index is 677. The number of hydrogen-bond acceptors (Lipinski definition) is 6. The van der Waals surface area contributed by atoms with Gasteiger partial charge < -0.3 is 4.90 Å². The van der Waals surface area contributed by atoms with Crippen LogP contribution in [-0.2, 0) is 0 Å². The monoisotopic (exact) mass is 402 g/mol. The van der Waals surface area contributed by atoms with E-state index in [2.05, 4.69) is 20.4 Å². The standard InChI is InChI=1S/C16H19FN4OS2.ClH/c17-13-6-4-12(5-7-13)14(22)18-15-19-20-16(24-15)23-11-10-21-8-2-1-3-9-21;/h4-7H,1-3,8-11H2,(H,18,19,22);1H.